The summed E-state index contributed by atoms with van der Waals surface area (Å²) in [5.41, 5.74) is -0.0128. The molecule has 1 unspecified atom stereocenters. The summed E-state index contributed by atoms with van der Waals surface area (Å²) in [5.74, 6) is 0.753. The van der Waals surface area contributed by atoms with Gasteiger partial charge in [-0.3, -0.25) is 4.79 Å². The molecule has 0 bridgehead atoms. The molecular weight excluding hydrogens is 335 g/mol. The van der Waals surface area contributed by atoms with E-state index in [2.05, 4.69) is 11.9 Å². The minimum Gasteiger partial charge on any atom is -0.487 e. The molecule has 0 saturated heterocycles. The van der Waals surface area contributed by atoms with E-state index in [1.54, 1.807) is 18.2 Å². The van der Waals surface area contributed by atoms with Crippen molar-refractivity contribution in [1.29, 1.82) is 0 Å². The fourth-order valence-corrected chi connectivity index (χ4v) is 2.49. The summed E-state index contributed by atoms with van der Waals surface area (Å²) >= 11 is 0. The lowest BCUT2D eigenvalue weighted by Crippen LogP contribution is -2.27. The highest BCUT2D eigenvalue weighted by atomic mass is 19.4. The molecule has 25 heavy (non-hydrogen) atoms. The lowest BCUT2D eigenvalue weighted by Gasteiger charge is -2.12. The molecule has 0 radical (unpaired) electrons. The Labute approximate surface area is 141 Å². The molecule has 0 spiro atoms. The van der Waals surface area contributed by atoms with Crippen LogP contribution in [0.1, 0.15) is 17.2 Å². The second-order valence-electron chi connectivity index (χ2n) is 5.38. The van der Waals surface area contributed by atoms with Gasteiger partial charge in [-0.2, -0.15) is 13.2 Å². The Morgan fingerprint density at radius 3 is 2.60 bits per heavy atom. The lowest BCUT2D eigenvalue weighted by atomic mass is 10.1. The maximum absolute atomic E-state index is 12.6. The van der Waals surface area contributed by atoms with Crippen LogP contribution in [-0.4, -0.2) is 12.5 Å². The fraction of sp³-hybridized carbons (Fsp3) is 0.167. The van der Waals surface area contributed by atoms with E-state index >= 15 is 0 Å². The number of alkyl halides is 3. The normalized spacial score (nSPS) is 15.9. The Balaban J connectivity index is 1.81. The summed E-state index contributed by atoms with van der Waals surface area (Å²) in [6.07, 6.45) is -3.23. The quantitative estimate of drug-likeness (QED) is 0.840. The topological polar surface area (TPSA) is 47.6 Å². The Morgan fingerprint density at radius 1 is 1.24 bits per heavy atom. The van der Waals surface area contributed by atoms with Crippen LogP contribution in [0.15, 0.2) is 55.1 Å². The molecule has 130 valence electrons. The van der Waals surface area contributed by atoms with Crippen LogP contribution in [-0.2, 0) is 11.0 Å². The SMILES string of the molecule is C=CC(=O)NC1COc2c(Oc3ccc(C(F)(F)F)cc3)cccc21. The van der Waals surface area contributed by atoms with Gasteiger partial charge in [-0.1, -0.05) is 18.7 Å². The van der Waals surface area contributed by atoms with Crippen molar-refractivity contribution in [3.8, 4) is 17.2 Å². The zero-order valence-electron chi connectivity index (χ0n) is 13.0. The molecule has 0 fully saturated rings. The van der Waals surface area contributed by atoms with Crippen molar-refractivity contribution in [2.45, 2.75) is 12.2 Å². The average molecular weight is 349 g/mol. The first kappa shape index (κ1) is 16.9. The molecule has 1 aliphatic heterocycles. The molecule has 3 rings (SSSR count). The standard InChI is InChI=1S/C18H14F3NO3/c1-2-16(23)22-14-10-24-17-13(14)4-3-5-15(17)25-12-8-6-11(7-9-12)18(19,20)21/h2-9,14H,1,10H2,(H,22,23). The zero-order chi connectivity index (χ0) is 18.0. The largest absolute Gasteiger partial charge is 0.487 e. The third kappa shape index (κ3) is 3.60. The minimum absolute atomic E-state index is 0.238. The third-order valence-corrected chi connectivity index (χ3v) is 3.69. The summed E-state index contributed by atoms with van der Waals surface area (Å²) < 4.78 is 49.0. The number of amides is 1. The van der Waals surface area contributed by atoms with E-state index in [0.29, 0.717) is 11.5 Å². The van der Waals surface area contributed by atoms with E-state index in [1.165, 1.54) is 18.2 Å². The van der Waals surface area contributed by atoms with Gasteiger partial charge in [0.25, 0.3) is 0 Å². The lowest BCUT2D eigenvalue weighted by molar-refractivity contribution is -0.137. The van der Waals surface area contributed by atoms with Gasteiger partial charge in [-0.15, -0.1) is 0 Å². The first-order valence-corrected chi connectivity index (χ1v) is 7.42. The van der Waals surface area contributed by atoms with Crippen LogP contribution >= 0.6 is 0 Å². The number of rotatable bonds is 4. The van der Waals surface area contributed by atoms with Crippen molar-refractivity contribution >= 4 is 5.91 Å². The molecule has 2 aromatic carbocycles. The third-order valence-electron chi connectivity index (χ3n) is 3.69. The fourth-order valence-electron chi connectivity index (χ4n) is 2.49. The summed E-state index contributed by atoms with van der Waals surface area (Å²) in [7, 11) is 0. The van der Waals surface area contributed by atoms with Crippen molar-refractivity contribution in [1.82, 2.24) is 5.32 Å². The van der Waals surface area contributed by atoms with E-state index in [0.717, 1.165) is 17.7 Å². The smallest absolute Gasteiger partial charge is 0.416 e. The molecule has 1 atom stereocenters. The number of carbonyl (C=O) groups is 1. The van der Waals surface area contributed by atoms with E-state index in [-0.39, 0.29) is 24.3 Å². The first-order valence-electron chi connectivity index (χ1n) is 7.42. The highest BCUT2D eigenvalue weighted by Gasteiger charge is 2.30. The highest BCUT2D eigenvalue weighted by Crippen LogP contribution is 2.42. The molecule has 2 aromatic rings. The summed E-state index contributed by atoms with van der Waals surface area (Å²) in [5, 5.41) is 2.74. The van der Waals surface area contributed by atoms with Crippen LogP contribution in [0.3, 0.4) is 0 Å². The predicted octanol–water partition coefficient (Wildman–Crippen LogP) is 4.23. The van der Waals surface area contributed by atoms with Crippen LogP contribution in [0.2, 0.25) is 0 Å². The van der Waals surface area contributed by atoms with E-state index in [9.17, 15) is 18.0 Å². The predicted molar refractivity (Wildman–Crippen MR) is 84.5 cm³/mol. The Kier molecular flexibility index (Phi) is 4.39. The van der Waals surface area contributed by atoms with Crippen molar-refractivity contribution in [2.24, 2.45) is 0 Å². The molecule has 7 heteroatoms. The maximum Gasteiger partial charge on any atom is 0.416 e. The number of nitrogens with one attached hydrogen (secondary N) is 1. The van der Waals surface area contributed by atoms with Gasteiger partial charge in [-0.05, 0) is 36.4 Å². The van der Waals surface area contributed by atoms with E-state index in [1.807, 2.05) is 0 Å². The number of hydrogen-bond donors (Lipinski definition) is 1. The number of benzene rings is 2. The Bertz CT molecular complexity index is 800. The van der Waals surface area contributed by atoms with Crippen molar-refractivity contribution in [3.63, 3.8) is 0 Å². The van der Waals surface area contributed by atoms with Gasteiger partial charge in [0, 0.05) is 5.56 Å². The van der Waals surface area contributed by atoms with Gasteiger partial charge in [0.2, 0.25) is 5.91 Å². The van der Waals surface area contributed by atoms with Crippen LogP contribution < -0.4 is 14.8 Å². The molecule has 0 saturated carbocycles. The summed E-state index contributed by atoms with van der Waals surface area (Å²) in [4.78, 5) is 11.5. The van der Waals surface area contributed by atoms with Gasteiger partial charge in [0.15, 0.2) is 11.5 Å². The Morgan fingerprint density at radius 2 is 1.96 bits per heavy atom. The molecule has 4 nitrogen and oxygen atoms in total. The maximum atomic E-state index is 12.6. The number of hydrogen-bond acceptors (Lipinski definition) is 3. The minimum atomic E-state index is -4.40. The molecule has 1 amide bonds. The van der Waals surface area contributed by atoms with Gasteiger partial charge in [0.1, 0.15) is 12.4 Å². The molecule has 1 aliphatic rings. The highest BCUT2D eigenvalue weighted by molar-refractivity contribution is 5.87. The number of ether oxygens (including phenoxy) is 2. The van der Waals surface area contributed by atoms with E-state index < -0.39 is 11.7 Å². The van der Waals surface area contributed by atoms with Crippen LogP contribution in [0, 0.1) is 0 Å². The molecule has 0 aromatic heterocycles. The second-order valence-corrected chi connectivity index (χ2v) is 5.38. The molecule has 1 heterocycles. The van der Waals surface area contributed by atoms with E-state index in [4.69, 9.17) is 9.47 Å². The van der Waals surface area contributed by atoms with Crippen LogP contribution in [0.4, 0.5) is 13.2 Å². The zero-order valence-corrected chi connectivity index (χ0v) is 13.0. The molecular formula is C18H14F3NO3. The number of halogens is 3. The van der Waals surface area contributed by atoms with Crippen LogP contribution in [0.25, 0.3) is 0 Å². The Hall–Kier alpha value is -2.96. The van der Waals surface area contributed by atoms with Gasteiger partial charge >= 0.3 is 6.18 Å². The van der Waals surface area contributed by atoms with Crippen molar-refractivity contribution in [3.05, 3.63) is 66.2 Å². The first-order chi connectivity index (χ1) is 11.9. The number of carbonyl (C=O) groups excluding carboxylic acids is 1. The summed E-state index contributed by atoms with van der Waals surface area (Å²) in [6.45, 7) is 3.64. The number of fused-ring (bicyclic) bond motifs is 1. The average Bonchev–Trinajstić information content (AvgIpc) is 2.98. The summed E-state index contributed by atoms with van der Waals surface area (Å²) in [6, 6.07) is 9.21. The van der Waals surface area contributed by atoms with Gasteiger partial charge in [-0.25, -0.2) is 0 Å². The molecule has 0 aliphatic carbocycles. The van der Waals surface area contributed by atoms with Gasteiger partial charge < -0.3 is 14.8 Å². The van der Waals surface area contributed by atoms with Gasteiger partial charge in [0.05, 0.1) is 11.6 Å². The second kappa shape index (κ2) is 6.51. The monoisotopic (exact) mass is 349 g/mol. The molecule has 1 N–H and O–H groups in total. The van der Waals surface area contributed by atoms with Crippen molar-refractivity contribution < 1.29 is 27.4 Å². The van der Waals surface area contributed by atoms with Crippen LogP contribution in [0.5, 0.6) is 17.2 Å². The number of para-hydroxylation sites is 1. The van der Waals surface area contributed by atoms with Crippen molar-refractivity contribution in [2.75, 3.05) is 6.61 Å².